The summed E-state index contributed by atoms with van der Waals surface area (Å²) >= 11 is 13.2. The minimum absolute atomic E-state index is 0.169. The number of anilines is 2. The molecule has 0 unspecified atom stereocenters. The molecule has 4 nitrogen and oxygen atoms in total. The van der Waals surface area contributed by atoms with Crippen molar-refractivity contribution in [2.45, 2.75) is 5.03 Å². The Labute approximate surface area is 130 Å². The summed E-state index contributed by atoms with van der Waals surface area (Å²) in [7, 11) is 0. The van der Waals surface area contributed by atoms with Crippen LogP contribution >= 0.6 is 35.0 Å². The summed E-state index contributed by atoms with van der Waals surface area (Å²) in [6, 6.07) is 8.50. The van der Waals surface area contributed by atoms with Gasteiger partial charge in [0.25, 0.3) is 0 Å². The van der Waals surface area contributed by atoms with Crippen molar-refractivity contribution in [1.29, 1.82) is 0 Å². The van der Waals surface area contributed by atoms with Gasteiger partial charge in [-0.25, -0.2) is 4.98 Å². The molecule has 2 aromatic rings. The summed E-state index contributed by atoms with van der Waals surface area (Å²) in [5.41, 5.74) is 6.71. The summed E-state index contributed by atoms with van der Waals surface area (Å²) in [4.78, 5) is 16.0. The summed E-state index contributed by atoms with van der Waals surface area (Å²) in [5.74, 6) is -0.0574. The Morgan fingerprint density at radius 3 is 2.60 bits per heavy atom. The van der Waals surface area contributed by atoms with Crippen molar-refractivity contribution in [2.24, 2.45) is 0 Å². The predicted molar refractivity (Wildman–Crippen MR) is 84.5 cm³/mol. The normalized spacial score (nSPS) is 10.3. The Morgan fingerprint density at radius 1 is 1.25 bits per heavy atom. The molecule has 20 heavy (non-hydrogen) atoms. The third kappa shape index (κ3) is 3.79. The summed E-state index contributed by atoms with van der Waals surface area (Å²) in [6.07, 6.45) is 1.63. The number of aromatic nitrogens is 1. The number of nitrogens with two attached hydrogens (primary N) is 1. The molecule has 0 aliphatic heterocycles. The molecule has 0 bridgehead atoms. The second-order valence-electron chi connectivity index (χ2n) is 3.83. The molecule has 0 radical (unpaired) electrons. The third-order valence-corrected chi connectivity index (χ3v) is 4.02. The average Bonchev–Trinajstić information content (AvgIpc) is 2.42. The molecule has 1 aromatic carbocycles. The van der Waals surface area contributed by atoms with E-state index < -0.39 is 0 Å². The number of hydrogen-bond acceptors (Lipinski definition) is 4. The highest BCUT2D eigenvalue weighted by atomic mass is 35.5. The molecule has 3 N–H and O–H groups in total. The van der Waals surface area contributed by atoms with E-state index in [1.54, 1.807) is 36.5 Å². The van der Waals surface area contributed by atoms with E-state index in [-0.39, 0.29) is 11.7 Å². The molecule has 104 valence electrons. The molecule has 7 heteroatoms. The van der Waals surface area contributed by atoms with Crippen LogP contribution < -0.4 is 11.1 Å². The number of thioether (sulfide) groups is 1. The molecule has 0 atom stereocenters. The minimum Gasteiger partial charge on any atom is -0.397 e. The van der Waals surface area contributed by atoms with Crippen LogP contribution in [0.15, 0.2) is 41.6 Å². The molecule has 2 rings (SSSR count). The Balaban J connectivity index is 1.98. The maximum atomic E-state index is 11.9. The van der Waals surface area contributed by atoms with Gasteiger partial charge in [-0.3, -0.25) is 4.79 Å². The minimum atomic E-state index is -0.227. The Bertz CT molecular complexity index is 617. The first-order valence-corrected chi connectivity index (χ1v) is 7.39. The molecular weight excluding hydrogens is 317 g/mol. The number of para-hydroxylation sites is 1. The van der Waals surface area contributed by atoms with Crippen molar-refractivity contribution in [3.63, 3.8) is 0 Å². The highest BCUT2D eigenvalue weighted by molar-refractivity contribution is 8.00. The highest BCUT2D eigenvalue weighted by Gasteiger charge is 2.11. The van der Waals surface area contributed by atoms with Gasteiger partial charge < -0.3 is 11.1 Å². The van der Waals surface area contributed by atoms with Crippen LogP contribution in [-0.2, 0) is 4.79 Å². The van der Waals surface area contributed by atoms with E-state index in [9.17, 15) is 4.79 Å². The summed E-state index contributed by atoms with van der Waals surface area (Å²) in [6.45, 7) is 0. The monoisotopic (exact) mass is 327 g/mol. The second-order valence-corrected chi connectivity index (χ2v) is 5.61. The zero-order chi connectivity index (χ0) is 14.5. The molecule has 1 heterocycles. The number of hydrogen-bond donors (Lipinski definition) is 2. The van der Waals surface area contributed by atoms with E-state index >= 15 is 0 Å². The van der Waals surface area contributed by atoms with E-state index in [1.165, 1.54) is 11.8 Å². The first kappa shape index (κ1) is 15.0. The van der Waals surface area contributed by atoms with Crippen LogP contribution in [0.4, 0.5) is 11.4 Å². The van der Waals surface area contributed by atoms with Crippen molar-refractivity contribution < 1.29 is 4.79 Å². The van der Waals surface area contributed by atoms with Crippen LogP contribution in [-0.4, -0.2) is 16.6 Å². The molecule has 1 aromatic heterocycles. The lowest BCUT2D eigenvalue weighted by Gasteiger charge is -2.09. The molecule has 0 aliphatic carbocycles. The van der Waals surface area contributed by atoms with Crippen LogP contribution in [0, 0.1) is 0 Å². The van der Waals surface area contributed by atoms with E-state index in [2.05, 4.69) is 10.3 Å². The maximum Gasteiger partial charge on any atom is 0.234 e. The van der Waals surface area contributed by atoms with Gasteiger partial charge in [-0.1, -0.05) is 41.0 Å². The SMILES string of the molecule is Nc1cccnc1SCC(=O)Nc1c(Cl)cccc1Cl. The lowest BCUT2D eigenvalue weighted by atomic mass is 10.3. The zero-order valence-electron chi connectivity index (χ0n) is 10.3. The maximum absolute atomic E-state index is 11.9. The molecule has 0 saturated heterocycles. The molecule has 0 spiro atoms. The fourth-order valence-electron chi connectivity index (χ4n) is 1.45. The number of pyridine rings is 1. The Kier molecular flexibility index (Phi) is 5.11. The molecule has 0 saturated carbocycles. The number of nitrogens with one attached hydrogen (secondary N) is 1. The number of nitrogen functional groups attached to an aromatic ring is 1. The van der Waals surface area contributed by atoms with Gasteiger partial charge >= 0.3 is 0 Å². The number of benzene rings is 1. The first-order chi connectivity index (χ1) is 9.58. The van der Waals surface area contributed by atoms with Crippen molar-refractivity contribution in [1.82, 2.24) is 4.98 Å². The summed E-state index contributed by atoms with van der Waals surface area (Å²) in [5, 5.41) is 4.09. The van der Waals surface area contributed by atoms with Gasteiger partial charge in [-0.05, 0) is 24.3 Å². The second kappa shape index (κ2) is 6.83. The van der Waals surface area contributed by atoms with Crippen molar-refractivity contribution in [3.05, 3.63) is 46.6 Å². The number of halogens is 2. The number of nitrogens with zero attached hydrogens (tertiary/aromatic N) is 1. The van der Waals surface area contributed by atoms with E-state index in [1.807, 2.05) is 0 Å². The van der Waals surface area contributed by atoms with Gasteiger partial charge in [-0.2, -0.15) is 0 Å². The fraction of sp³-hybridized carbons (Fsp3) is 0.0769. The van der Waals surface area contributed by atoms with Crippen molar-refractivity contribution >= 4 is 52.2 Å². The standard InChI is InChI=1S/C13H11Cl2N3OS/c14-8-3-1-4-9(15)12(8)18-11(19)7-20-13-10(16)5-2-6-17-13/h1-6H,7,16H2,(H,18,19). The number of carbonyl (C=O) groups excluding carboxylic acids is 1. The van der Waals surface area contributed by atoms with Gasteiger partial charge in [0.15, 0.2) is 0 Å². The molecule has 1 amide bonds. The van der Waals surface area contributed by atoms with E-state index in [4.69, 9.17) is 28.9 Å². The number of amides is 1. The van der Waals surface area contributed by atoms with Gasteiger partial charge in [0.05, 0.1) is 27.2 Å². The Hall–Kier alpha value is -1.43. The Morgan fingerprint density at radius 2 is 1.95 bits per heavy atom. The third-order valence-electron chi connectivity index (χ3n) is 2.37. The molecular formula is C13H11Cl2N3OS. The van der Waals surface area contributed by atoms with Crippen LogP contribution in [0.2, 0.25) is 10.0 Å². The zero-order valence-corrected chi connectivity index (χ0v) is 12.6. The lowest BCUT2D eigenvalue weighted by molar-refractivity contribution is -0.113. The van der Waals surface area contributed by atoms with Gasteiger partial charge in [0, 0.05) is 6.20 Å². The average molecular weight is 328 g/mol. The van der Waals surface area contributed by atoms with Gasteiger partial charge in [0.1, 0.15) is 5.03 Å². The van der Waals surface area contributed by atoms with Crippen LogP contribution in [0.25, 0.3) is 0 Å². The highest BCUT2D eigenvalue weighted by Crippen LogP contribution is 2.30. The topological polar surface area (TPSA) is 68.0 Å². The van der Waals surface area contributed by atoms with Crippen molar-refractivity contribution in [3.8, 4) is 0 Å². The van der Waals surface area contributed by atoms with E-state index in [0.717, 1.165) is 0 Å². The van der Waals surface area contributed by atoms with Gasteiger partial charge in [-0.15, -0.1) is 0 Å². The smallest absolute Gasteiger partial charge is 0.234 e. The van der Waals surface area contributed by atoms with Crippen LogP contribution in [0.3, 0.4) is 0 Å². The largest absolute Gasteiger partial charge is 0.397 e. The summed E-state index contributed by atoms with van der Waals surface area (Å²) < 4.78 is 0. The van der Waals surface area contributed by atoms with Gasteiger partial charge in [0.2, 0.25) is 5.91 Å². The number of carbonyl (C=O) groups is 1. The first-order valence-electron chi connectivity index (χ1n) is 5.65. The predicted octanol–water partition coefficient (Wildman–Crippen LogP) is 3.70. The van der Waals surface area contributed by atoms with Crippen LogP contribution in [0.5, 0.6) is 0 Å². The molecule has 0 aliphatic rings. The number of rotatable bonds is 4. The quantitative estimate of drug-likeness (QED) is 0.840. The van der Waals surface area contributed by atoms with E-state index in [0.29, 0.717) is 26.4 Å². The lowest BCUT2D eigenvalue weighted by Crippen LogP contribution is -2.15. The van der Waals surface area contributed by atoms with Crippen molar-refractivity contribution in [2.75, 3.05) is 16.8 Å². The fourth-order valence-corrected chi connectivity index (χ4v) is 2.65. The van der Waals surface area contributed by atoms with Crippen LogP contribution in [0.1, 0.15) is 0 Å². The molecule has 0 fully saturated rings.